The number of nitrogens with one attached hydrogen (secondary N) is 1. The van der Waals surface area contributed by atoms with E-state index in [9.17, 15) is 9.59 Å². The molecule has 0 unspecified atom stereocenters. The van der Waals surface area contributed by atoms with Gasteiger partial charge in [-0.1, -0.05) is 36.4 Å². The van der Waals surface area contributed by atoms with Crippen molar-refractivity contribution in [3.05, 3.63) is 77.4 Å². The molecule has 0 saturated heterocycles. The lowest BCUT2D eigenvalue weighted by molar-refractivity contribution is 0.0959. The molecular formula is C22H21N3O2. The van der Waals surface area contributed by atoms with E-state index in [1.165, 1.54) is 0 Å². The van der Waals surface area contributed by atoms with Gasteiger partial charge in [-0.15, -0.1) is 0 Å². The monoisotopic (exact) mass is 359 g/mol. The maximum atomic E-state index is 12.9. The van der Waals surface area contributed by atoms with E-state index in [0.29, 0.717) is 18.8 Å². The third-order valence-corrected chi connectivity index (χ3v) is 4.93. The number of benzene rings is 3. The third-order valence-electron chi connectivity index (χ3n) is 4.93. The number of carbonyl (C=O) groups is 2. The molecule has 5 heteroatoms. The Morgan fingerprint density at radius 2 is 1.74 bits per heavy atom. The minimum absolute atomic E-state index is 0.0450. The first-order chi connectivity index (χ1) is 13.1. The molecule has 1 aliphatic heterocycles. The maximum Gasteiger partial charge on any atom is 0.260 e. The summed E-state index contributed by atoms with van der Waals surface area (Å²) in [7, 11) is 3.61. The summed E-state index contributed by atoms with van der Waals surface area (Å²) in [4.78, 5) is 28.4. The van der Waals surface area contributed by atoms with Gasteiger partial charge in [0.1, 0.15) is 0 Å². The van der Waals surface area contributed by atoms with Crippen molar-refractivity contribution in [2.45, 2.75) is 6.54 Å². The lowest BCUT2D eigenvalue weighted by Gasteiger charge is -2.25. The molecule has 3 aromatic rings. The minimum Gasteiger partial charge on any atom is -0.355 e. The van der Waals surface area contributed by atoms with Crippen molar-refractivity contribution in [3.8, 4) is 0 Å². The zero-order valence-electron chi connectivity index (χ0n) is 15.4. The van der Waals surface area contributed by atoms with Crippen molar-refractivity contribution in [1.82, 2.24) is 10.2 Å². The first-order valence-electron chi connectivity index (χ1n) is 8.91. The molecule has 136 valence electrons. The van der Waals surface area contributed by atoms with E-state index in [2.05, 4.69) is 10.2 Å². The van der Waals surface area contributed by atoms with Gasteiger partial charge in [0, 0.05) is 30.1 Å². The summed E-state index contributed by atoms with van der Waals surface area (Å²) in [6, 6.07) is 19.4. The molecule has 1 aliphatic rings. The fraction of sp³-hybridized carbons (Fsp3) is 0.182. The molecule has 27 heavy (non-hydrogen) atoms. The Bertz CT molecular complexity index is 1020. The molecule has 3 aromatic carbocycles. The van der Waals surface area contributed by atoms with Gasteiger partial charge in [0.2, 0.25) is 0 Å². The highest BCUT2D eigenvalue weighted by molar-refractivity contribution is 6.24. The molecule has 0 saturated carbocycles. The van der Waals surface area contributed by atoms with Gasteiger partial charge in [0.25, 0.3) is 11.8 Å². The Labute approximate surface area is 158 Å². The van der Waals surface area contributed by atoms with Crippen molar-refractivity contribution < 1.29 is 9.59 Å². The number of amides is 2. The molecular weight excluding hydrogens is 338 g/mol. The van der Waals surface area contributed by atoms with Gasteiger partial charge in [-0.05, 0) is 42.3 Å². The van der Waals surface area contributed by atoms with Gasteiger partial charge in [0.05, 0.1) is 12.4 Å². The van der Waals surface area contributed by atoms with Gasteiger partial charge < -0.3 is 5.32 Å². The molecule has 0 atom stereocenters. The van der Waals surface area contributed by atoms with E-state index in [-0.39, 0.29) is 11.8 Å². The number of rotatable bonds is 5. The van der Waals surface area contributed by atoms with E-state index < -0.39 is 0 Å². The number of hydrogen-bond acceptors (Lipinski definition) is 3. The van der Waals surface area contributed by atoms with Crippen LogP contribution in [-0.2, 0) is 6.54 Å². The molecule has 4 rings (SSSR count). The van der Waals surface area contributed by atoms with Crippen LogP contribution in [0.25, 0.3) is 10.8 Å². The maximum absolute atomic E-state index is 12.9. The van der Waals surface area contributed by atoms with Crippen LogP contribution in [0.15, 0.2) is 60.7 Å². The molecule has 2 amide bonds. The summed E-state index contributed by atoms with van der Waals surface area (Å²) in [5, 5.41) is 4.75. The predicted octanol–water partition coefficient (Wildman–Crippen LogP) is 3.25. The Morgan fingerprint density at radius 3 is 2.44 bits per heavy atom. The fourth-order valence-electron chi connectivity index (χ4n) is 3.63. The summed E-state index contributed by atoms with van der Waals surface area (Å²) in [6.45, 7) is 1.19. The first kappa shape index (κ1) is 17.2. The van der Waals surface area contributed by atoms with Crippen molar-refractivity contribution in [3.63, 3.8) is 0 Å². The SMILES string of the molecule is CNC(=O)c1ccc(CN(C)CN2C(=O)c3cccc4cccc2c34)cc1. The topological polar surface area (TPSA) is 52.7 Å². The van der Waals surface area contributed by atoms with Crippen LogP contribution >= 0.6 is 0 Å². The zero-order valence-corrected chi connectivity index (χ0v) is 15.4. The van der Waals surface area contributed by atoms with Crippen LogP contribution in [0.4, 0.5) is 5.69 Å². The van der Waals surface area contributed by atoms with Crippen molar-refractivity contribution in [2.75, 3.05) is 25.7 Å². The van der Waals surface area contributed by atoms with E-state index in [4.69, 9.17) is 0 Å². The summed E-state index contributed by atoms with van der Waals surface area (Å²) < 4.78 is 0. The van der Waals surface area contributed by atoms with Gasteiger partial charge in [0.15, 0.2) is 0 Å². The fourth-order valence-corrected chi connectivity index (χ4v) is 3.63. The number of nitrogens with zero attached hydrogens (tertiary/aromatic N) is 2. The smallest absolute Gasteiger partial charge is 0.260 e. The van der Waals surface area contributed by atoms with Crippen molar-refractivity contribution in [2.24, 2.45) is 0 Å². The van der Waals surface area contributed by atoms with Gasteiger partial charge in [-0.25, -0.2) is 0 Å². The van der Waals surface area contributed by atoms with Crippen LogP contribution < -0.4 is 10.2 Å². The molecule has 0 radical (unpaired) electrons. The lowest BCUT2D eigenvalue weighted by atomic mass is 10.1. The van der Waals surface area contributed by atoms with E-state index >= 15 is 0 Å². The second-order valence-electron chi connectivity index (χ2n) is 6.85. The highest BCUT2D eigenvalue weighted by atomic mass is 16.2. The molecule has 0 bridgehead atoms. The van der Waals surface area contributed by atoms with Crippen LogP contribution in [0.2, 0.25) is 0 Å². The van der Waals surface area contributed by atoms with Gasteiger partial charge in [-0.3, -0.25) is 19.4 Å². The van der Waals surface area contributed by atoms with Crippen LogP contribution in [-0.4, -0.2) is 37.5 Å². The molecule has 5 nitrogen and oxygen atoms in total. The number of carbonyl (C=O) groups excluding carboxylic acids is 2. The summed E-state index contributed by atoms with van der Waals surface area (Å²) in [5.74, 6) is -0.0490. The summed E-state index contributed by atoms with van der Waals surface area (Å²) in [5.41, 5.74) is 3.47. The Balaban J connectivity index is 1.51. The second-order valence-corrected chi connectivity index (χ2v) is 6.85. The first-order valence-corrected chi connectivity index (χ1v) is 8.91. The highest BCUT2D eigenvalue weighted by Gasteiger charge is 2.29. The molecule has 0 aliphatic carbocycles. The van der Waals surface area contributed by atoms with Gasteiger partial charge >= 0.3 is 0 Å². The summed E-state index contributed by atoms with van der Waals surface area (Å²) in [6.07, 6.45) is 0. The Kier molecular flexibility index (Phi) is 4.38. The Morgan fingerprint density at radius 1 is 1.04 bits per heavy atom. The normalized spacial score (nSPS) is 12.9. The Hall–Kier alpha value is -3.18. The molecule has 1 heterocycles. The average Bonchev–Trinajstić information content (AvgIpc) is 2.96. The van der Waals surface area contributed by atoms with E-state index in [0.717, 1.165) is 27.6 Å². The van der Waals surface area contributed by atoms with Crippen LogP contribution in [0.3, 0.4) is 0 Å². The quantitative estimate of drug-likeness (QED) is 0.761. The molecule has 0 aromatic heterocycles. The van der Waals surface area contributed by atoms with Crippen molar-refractivity contribution >= 4 is 28.3 Å². The zero-order chi connectivity index (χ0) is 19.0. The predicted molar refractivity (Wildman–Crippen MR) is 107 cm³/mol. The van der Waals surface area contributed by atoms with E-state index in [1.807, 2.05) is 72.6 Å². The minimum atomic E-state index is -0.0940. The standard InChI is InChI=1S/C22H21N3O2/c1-23-21(26)17-11-9-15(10-12-17)13-24(2)14-25-19-8-4-6-16-5-3-7-18(20(16)19)22(25)27/h3-12H,13-14H2,1-2H3,(H,23,26). The average molecular weight is 359 g/mol. The molecule has 0 fully saturated rings. The van der Waals surface area contributed by atoms with Crippen LogP contribution in [0.1, 0.15) is 26.3 Å². The van der Waals surface area contributed by atoms with E-state index in [1.54, 1.807) is 7.05 Å². The largest absolute Gasteiger partial charge is 0.355 e. The lowest BCUT2D eigenvalue weighted by Crippen LogP contribution is -2.37. The molecule has 1 N–H and O–H groups in total. The summed E-state index contributed by atoms with van der Waals surface area (Å²) >= 11 is 0. The molecule has 0 spiro atoms. The van der Waals surface area contributed by atoms with Crippen molar-refractivity contribution in [1.29, 1.82) is 0 Å². The number of anilines is 1. The van der Waals surface area contributed by atoms with Gasteiger partial charge in [-0.2, -0.15) is 0 Å². The third kappa shape index (κ3) is 3.06. The van der Waals surface area contributed by atoms with Crippen LogP contribution in [0, 0.1) is 0 Å². The highest BCUT2D eigenvalue weighted by Crippen LogP contribution is 2.37. The number of hydrogen-bond donors (Lipinski definition) is 1. The van der Waals surface area contributed by atoms with Crippen LogP contribution in [0.5, 0.6) is 0 Å². The second kappa shape index (κ2) is 6.85.